The van der Waals surface area contributed by atoms with Gasteiger partial charge in [-0.05, 0) is 41.8 Å². The van der Waals surface area contributed by atoms with Crippen molar-refractivity contribution in [2.45, 2.75) is 31.1 Å². The lowest BCUT2D eigenvalue weighted by Crippen LogP contribution is -2.31. The van der Waals surface area contributed by atoms with Crippen LogP contribution in [-0.2, 0) is 21.1 Å². The molecule has 130 valence electrons. The molecule has 6 heteroatoms. The summed E-state index contributed by atoms with van der Waals surface area (Å²) in [5.74, 6) is -0.0963. The Bertz CT molecular complexity index is 914. The van der Waals surface area contributed by atoms with Gasteiger partial charge < -0.3 is 0 Å². The van der Waals surface area contributed by atoms with E-state index in [1.165, 1.54) is 22.7 Å². The first-order valence-electron chi connectivity index (χ1n) is 8.18. The van der Waals surface area contributed by atoms with Gasteiger partial charge in [-0.15, -0.1) is 0 Å². The van der Waals surface area contributed by atoms with E-state index < -0.39 is 9.84 Å². The summed E-state index contributed by atoms with van der Waals surface area (Å²) in [4.78, 5) is 12.5. The lowest BCUT2D eigenvalue weighted by atomic mass is 10.0. The highest BCUT2D eigenvalue weighted by molar-refractivity contribution is 7.90. The van der Waals surface area contributed by atoms with E-state index in [0.717, 1.165) is 24.0 Å². The summed E-state index contributed by atoms with van der Waals surface area (Å²) >= 11 is 0. The van der Waals surface area contributed by atoms with Gasteiger partial charge in [0.1, 0.15) is 0 Å². The second kappa shape index (κ2) is 6.80. The lowest BCUT2D eigenvalue weighted by Gasteiger charge is -2.24. The van der Waals surface area contributed by atoms with Crippen molar-refractivity contribution in [3.63, 3.8) is 0 Å². The minimum Gasteiger partial charge on any atom is -0.273 e. The van der Waals surface area contributed by atoms with E-state index in [1.54, 1.807) is 12.1 Å². The number of carbonyl (C=O) groups is 1. The van der Waals surface area contributed by atoms with Crippen molar-refractivity contribution in [2.24, 2.45) is 5.10 Å². The highest BCUT2D eigenvalue weighted by atomic mass is 32.2. The molecule has 2 aromatic carbocycles. The van der Waals surface area contributed by atoms with E-state index in [4.69, 9.17) is 0 Å². The maximum Gasteiger partial charge on any atom is 0.247 e. The molecule has 25 heavy (non-hydrogen) atoms. The average Bonchev–Trinajstić information content (AvgIpc) is 2.62. The van der Waals surface area contributed by atoms with E-state index in [0.29, 0.717) is 18.5 Å². The Morgan fingerprint density at radius 3 is 2.20 bits per heavy atom. The molecule has 0 saturated carbocycles. The van der Waals surface area contributed by atoms with Crippen LogP contribution in [0.3, 0.4) is 0 Å². The third kappa shape index (κ3) is 3.79. The molecule has 2 aromatic rings. The minimum absolute atomic E-state index is 0.0963. The summed E-state index contributed by atoms with van der Waals surface area (Å²) in [5, 5.41) is 5.86. The van der Waals surface area contributed by atoms with E-state index in [-0.39, 0.29) is 10.8 Å². The number of carbonyl (C=O) groups excluding carboxylic acids is 1. The molecule has 0 spiro atoms. The second-order valence-electron chi connectivity index (χ2n) is 6.07. The maximum absolute atomic E-state index is 12.3. The van der Waals surface area contributed by atoms with Crippen molar-refractivity contribution in [1.29, 1.82) is 0 Å². The number of hydrogen-bond acceptors (Lipinski definition) is 4. The quantitative estimate of drug-likeness (QED) is 0.845. The van der Waals surface area contributed by atoms with Crippen LogP contribution in [-0.4, -0.2) is 26.3 Å². The summed E-state index contributed by atoms with van der Waals surface area (Å²) in [5.41, 5.74) is 3.68. The molecular formula is C19H20N2O3S. The van der Waals surface area contributed by atoms with Gasteiger partial charge in [0.05, 0.1) is 16.3 Å². The predicted molar refractivity (Wildman–Crippen MR) is 98.6 cm³/mol. The Kier molecular flexibility index (Phi) is 4.72. The highest BCUT2D eigenvalue weighted by Gasteiger charge is 2.23. The van der Waals surface area contributed by atoms with Crippen LogP contribution in [0.4, 0.5) is 5.69 Å². The number of hydrazone groups is 1. The number of aryl methyl sites for hydroxylation is 1. The molecule has 0 N–H and O–H groups in total. The minimum atomic E-state index is -3.26. The first-order valence-corrected chi connectivity index (χ1v) is 10.1. The lowest BCUT2D eigenvalue weighted by molar-refractivity contribution is -0.118. The van der Waals surface area contributed by atoms with Crippen molar-refractivity contribution in [2.75, 3.05) is 11.3 Å². The van der Waals surface area contributed by atoms with Gasteiger partial charge in [0, 0.05) is 19.1 Å². The summed E-state index contributed by atoms with van der Waals surface area (Å²) in [6, 6.07) is 14.4. The molecule has 0 unspecified atom stereocenters. The van der Waals surface area contributed by atoms with E-state index in [1.807, 2.05) is 12.1 Å². The zero-order valence-electron chi connectivity index (χ0n) is 14.3. The number of nitrogens with zero attached hydrogens (tertiary/aromatic N) is 2. The normalized spacial score (nSPS) is 15.2. The zero-order chi connectivity index (χ0) is 18.0. The molecule has 0 aliphatic carbocycles. The van der Waals surface area contributed by atoms with Crippen LogP contribution in [0.1, 0.15) is 30.9 Å². The number of benzene rings is 2. The van der Waals surface area contributed by atoms with E-state index in [9.17, 15) is 13.2 Å². The molecular weight excluding hydrogens is 336 g/mol. The second-order valence-corrected chi connectivity index (χ2v) is 8.08. The fourth-order valence-corrected chi connectivity index (χ4v) is 3.36. The molecule has 1 amide bonds. The summed E-state index contributed by atoms with van der Waals surface area (Å²) < 4.78 is 23.1. The third-order valence-corrected chi connectivity index (χ3v) is 5.37. The molecule has 0 saturated heterocycles. The number of hydrogen-bond donors (Lipinski definition) is 0. The van der Waals surface area contributed by atoms with Crippen LogP contribution in [0.5, 0.6) is 0 Å². The van der Waals surface area contributed by atoms with Gasteiger partial charge in [-0.2, -0.15) is 5.10 Å². The molecule has 0 aromatic heterocycles. The Morgan fingerprint density at radius 1 is 1.00 bits per heavy atom. The van der Waals surface area contributed by atoms with Crippen molar-refractivity contribution in [3.05, 3.63) is 59.7 Å². The topological polar surface area (TPSA) is 66.8 Å². The van der Waals surface area contributed by atoms with Crippen molar-refractivity contribution in [3.8, 4) is 0 Å². The smallest absolute Gasteiger partial charge is 0.247 e. The SMILES string of the molecule is CCc1ccc(C2=NN(c3ccc(S(C)(=O)=O)cc3)C(=O)CC2)cc1. The van der Waals surface area contributed by atoms with Crippen LogP contribution in [0, 0.1) is 0 Å². The Labute approximate surface area is 147 Å². The first kappa shape index (κ1) is 17.4. The molecule has 3 rings (SSSR count). The van der Waals surface area contributed by atoms with Crippen LogP contribution in [0.15, 0.2) is 58.5 Å². The average molecular weight is 356 g/mol. The first-order chi connectivity index (χ1) is 11.9. The molecule has 0 atom stereocenters. The van der Waals surface area contributed by atoms with E-state index in [2.05, 4.69) is 24.2 Å². The molecule has 0 radical (unpaired) electrons. The van der Waals surface area contributed by atoms with Gasteiger partial charge in [0.15, 0.2) is 9.84 Å². The van der Waals surface area contributed by atoms with Crippen LogP contribution >= 0.6 is 0 Å². The fraction of sp³-hybridized carbons (Fsp3) is 0.263. The van der Waals surface area contributed by atoms with E-state index >= 15 is 0 Å². The molecule has 0 bridgehead atoms. The molecule has 1 aliphatic heterocycles. The predicted octanol–water partition coefficient (Wildman–Crippen LogP) is 3.18. The molecule has 1 heterocycles. The Balaban J connectivity index is 1.92. The number of amides is 1. The summed E-state index contributed by atoms with van der Waals surface area (Å²) in [6.07, 6.45) is 3.11. The zero-order valence-corrected chi connectivity index (χ0v) is 15.1. The number of rotatable bonds is 4. The molecule has 0 fully saturated rings. The Hall–Kier alpha value is -2.47. The van der Waals surface area contributed by atoms with Gasteiger partial charge in [0.25, 0.3) is 0 Å². The van der Waals surface area contributed by atoms with Crippen LogP contribution < -0.4 is 5.01 Å². The number of anilines is 1. The van der Waals surface area contributed by atoms with Gasteiger partial charge >= 0.3 is 0 Å². The summed E-state index contributed by atoms with van der Waals surface area (Å²) in [7, 11) is -3.26. The number of sulfone groups is 1. The molecule has 5 nitrogen and oxygen atoms in total. The highest BCUT2D eigenvalue weighted by Crippen LogP contribution is 2.24. The monoisotopic (exact) mass is 356 g/mol. The van der Waals surface area contributed by atoms with Gasteiger partial charge in [-0.25, -0.2) is 13.4 Å². The van der Waals surface area contributed by atoms with Crippen molar-refractivity contribution < 1.29 is 13.2 Å². The maximum atomic E-state index is 12.3. The standard InChI is InChI=1S/C19H20N2O3S/c1-3-14-4-6-15(7-5-14)18-12-13-19(22)21(20-18)16-8-10-17(11-9-16)25(2,23)24/h4-11H,3,12-13H2,1-2H3. The largest absolute Gasteiger partial charge is 0.273 e. The van der Waals surface area contributed by atoms with Crippen LogP contribution in [0.25, 0.3) is 0 Å². The van der Waals surface area contributed by atoms with Crippen LogP contribution in [0.2, 0.25) is 0 Å². The third-order valence-electron chi connectivity index (χ3n) is 4.24. The fourth-order valence-electron chi connectivity index (χ4n) is 2.73. The molecule has 1 aliphatic rings. The summed E-state index contributed by atoms with van der Waals surface area (Å²) in [6.45, 7) is 2.10. The van der Waals surface area contributed by atoms with Crippen molar-refractivity contribution in [1.82, 2.24) is 0 Å². The van der Waals surface area contributed by atoms with Gasteiger partial charge in [-0.1, -0.05) is 31.2 Å². The van der Waals surface area contributed by atoms with Crippen molar-refractivity contribution >= 4 is 27.1 Å². The Morgan fingerprint density at radius 2 is 1.64 bits per heavy atom. The van der Waals surface area contributed by atoms with Gasteiger partial charge in [0.2, 0.25) is 5.91 Å². The van der Waals surface area contributed by atoms with Gasteiger partial charge in [-0.3, -0.25) is 4.79 Å².